The third-order valence-electron chi connectivity index (χ3n) is 3.30. The van der Waals surface area contributed by atoms with Gasteiger partial charge in [0.05, 0.1) is 5.69 Å². The Morgan fingerprint density at radius 1 is 1.43 bits per heavy atom. The predicted molar refractivity (Wildman–Crippen MR) is 82.5 cm³/mol. The van der Waals surface area contributed by atoms with Crippen LogP contribution in [0, 0.1) is 13.8 Å². The molecule has 0 spiro atoms. The number of aliphatic carboxylic acids is 1. The van der Waals surface area contributed by atoms with E-state index in [0.717, 1.165) is 17.0 Å². The van der Waals surface area contributed by atoms with Crippen molar-refractivity contribution in [1.29, 1.82) is 0 Å². The molecule has 0 aliphatic carbocycles. The first-order valence-corrected chi connectivity index (χ1v) is 8.01. The highest BCUT2D eigenvalue weighted by atomic mass is 32.2. The van der Waals surface area contributed by atoms with Crippen molar-refractivity contribution in [1.82, 2.24) is 20.4 Å². The molecule has 1 unspecified atom stereocenters. The molecule has 0 bridgehead atoms. The molecular formula is C13H22N4O3S. The number of nitrogens with zero attached hydrogens (tertiary/aromatic N) is 2. The van der Waals surface area contributed by atoms with Crippen LogP contribution in [-0.2, 0) is 18.4 Å². The average molecular weight is 314 g/mol. The summed E-state index contributed by atoms with van der Waals surface area (Å²) < 4.78 is 1.75. The van der Waals surface area contributed by atoms with Gasteiger partial charge in [-0.15, -0.1) is 0 Å². The van der Waals surface area contributed by atoms with Gasteiger partial charge < -0.3 is 15.7 Å². The first-order chi connectivity index (χ1) is 9.86. The van der Waals surface area contributed by atoms with E-state index in [4.69, 9.17) is 5.11 Å². The van der Waals surface area contributed by atoms with Gasteiger partial charge in [0.15, 0.2) is 0 Å². The molecule has 0 aromatic carbocycles. The molecule has 0 saturated carbocycles. The van der Waals surface area contributed by atoms with Crippen molar-refractivity contribution in [2.45, 2.75) is 32.9 Å². The van der Waals surface area contributed by atoms with Gasteiger partial charge >= 0.3 is 12.0 Å². The maximum Gasteiger partial charge on any atom is 0.326 e. The van der Waals surface area contributed by atoms with Gasteiger partial charge in [0.1, 0.15) is 6.04 Å². The summed E-state index contributed by atoms with van der Waals surface area (Å²) in [6, 6.07) is -1.35. The second-order valence-electron chi connectivity index (χ2n) is 4.77. The van der Waals surface area contributed by atoms with Crippen LogP contribution in [0.15, 0.2) is 0 Å². The number of thioether (sulfide) groups is 1. The number of amides is 2. The van der Waals surface area contributed by atoms with Gasteiger partial charge in [0.25, 0.3) is 0 Å². The number of rotatable bonds is 7. The van der Waals surface area contributed by atoms with Gasteiger partial charge in [-0.2, -0.15) is 16.9 Å². The summed E-state index contributed by atoms with van der Waals surface area (Å²) in [5.41, 5.74) is 2.78. The zero-order chi connectivity index (χ0) is 16.0. The number of carboxylic acid groups (broad SMARTS) is 1. The van der Waals surface area contributed by atoms with Gasteiger partial charge in [-0.05, 0) is 32.3 Å². The molecule has 0 fully saturated rings. The lowest BCUT2D eigenvalue weighted by molar-refractivity contribution is -0.139. The van der Waals surface area contributed by atoms with E-state index in [0.29, 0.717) is 18.7 Å². The Morgan fingerprint density at radius 2 is 2.10 bits per heavy atom. The van der Waals surface area contributed by atoms with E-state index in [1.165, 1.54) is 0 Å². The summed E-state index contributed by atoms with van der Waals surface area (Å²) >= 11 is 1.55. The summed E-state index contributed by atoms with van der Waals surface area (Å²) in [5.74, 6) is -0.342. The summed E-state index contributed by atoms with van der Waals surface area (Å²) in [4.78, 5) is 22.9. The zero-order valence-corrected chi connectivity index (χ0v) is 13.6. The minimum Gasteiger partial charge on any atom is -0.480 e. The molecule has 1 rings (SSSR count). The predicted octanol–water partition coefficient (Wildman–Crippen LogP) is 1.04. The summed E-state index contributed by atoms with van der Waals surface area (Å²) in [7, 11) is 1.84. The van der Waals surface area contributed by atoms with Gasteiger partial charge in [-0.25, -0.2) is 9.59 Å². The molecule has 7 nitrogen and oxygen atoms in total. The third-order valence-corrected chi connectivity index (χ3v) is 3.94. The Bertz CT molecular complexity index is 516. The van der Waals surface area contributed by atoms with Gasteiger partial charge in [0.2, 0.25) is 0 Å². The monoisotopic (exact) mass is 314 g/mol. The molecule has 1 heterocycles. The van der Waals surface area contributed by atoms with Crippen LogP contribution < -0.4 is 10.6 Å². The maximum atomic E-state index is 11.8. The SMILES string of the molecule is CSCCC(NC(=O)NCc1c(C)nn(C)c1C)C(=O)O. The van der Waals surface area contributed by atoms with E-state index in [2.05, 4.69) is 15.7 Å². The number of carbonyl (C=O) groups excluding carboxylic acids is 1. The smallest absolute Gasteiger partial charge is 0.326 e. The number of aromatic nitrogens is 2. The van der Waals surface area contributed by atoms with Gasteiger partial charge in [0, 0.05) is 24.8 Å². The summed E-state index contributed by atoms with van der Waals surface area (Å²) in [6.07, 6.45) is 2.29. The van der Waals surface area contributed by atoms with Crippen LogP contribution >= 0.6 is 11.8 Å². The topological polar surface area (TPSA) is 96.3 Å². The van der Waals surface area contributed by atoms with Crippen molar-refractivity contribution < 1.29 is 14.7 Å². The fourth-order valence-electron chi connectivity index (χ4n) is 1.94. The number of hydrogen-bond donors (Lipinski definition) is 3. The highest BCUT2D eigenvalue weighted by Crippen LogP contribution is 2.11. The van der Waals surface area contributed by atoms with Crippen molar-refractivity contribution in [3.05, 3.63) is 17.0 Å². The number of urea groups is 1. The number of carbonyl (C=O) groups is 2. The molecule has 3 N–H and O–H groups in total. The zero-order valence-electron chi connectivity index (χ0n) is 12.8. The normalized spacial score (nSPS) is 12.0. The van der Waals surface area contributed by atoms with E-state index in [-0.39, 0.29) is 0 Å². The van der Waals surface area contributed by atoms with Gasteiger partial charge in [-0.1, -0.05) is 0 Å². The van der Waals surface area contributed by atoms with Crippen LogP contribution in [-0.4, -0.2) is 44.9 Å². The largest absolute Gasteiger partial charge is 0.480 e. The molecule has 0 aliphatic rings. The quantitative estimate of drug-likeness (QED) is 0.699. The number of aryl methyl sites for hydroxylation is 2. The molecule has 1 aromatic rings. The summed E-state index contributed by atoms with van der Waals surface area (Å²) in [6.45, 7) is 4.13. The van der Waals surface area contributed by atoms with E-state index in [1.807, 2.05) is 27.2 Å². The highest BCUT2D eigenvalue weighted by Gasteiger charge is 2.19. The molecule has 0 radical (unpaired) electrons. The van der Waals surface area contributed by atoms with Crippen molar-refractivity contribution in [2.24, 2.45) is 7.05 Å². The van der Waals surface area contributed by atoms with Crippen molar-refractivity contribution >= 4 is 23.8 Å². The van der Waals surface area contributed by atoms with Crippen molar-refractivity contribution in [2.75, 3.05) is 12.0 Å². The van der Waals surface area contributed by atoms with Crippen molar-refractivity contribution in [3.63, 3.8) is 0 Å². The molecule has 0 saturated heterocycles. The Kier molecular flexibility index (Phi) is 6.54. The lowest BCUT2D eigenvalue weighted by atomic mass is 10.2. The third kappa shape index (κ3) is 4.96. The second-order valence-corrected chi connectivity index (χ2v) is 5.76. The first kappa shape index (κ1) is 17.4. The Hall–Kier alpha value is -1.70. The molecular weight excluding hydrogens is 292 g/mol. The minimum atomic E-state index is -1.02. The number of carboxylic acids is 1. The van der Waals surface area contributed by atoms with Crippen LogP contribution in [0.4, 0.5) is 4.79 Å². The van der Waals surface area contributed by atoms with Crippen LogP contribution in [0.1, 0.15) is 23.4 Å². The first-order valence-electron chi connectivity index (χ1n) is 6.62. The van der Waals surface area contributed by atoms with Crippen molar-refractivity contribution in [3.8, 4) is 0 Å². The molecule has 8 heteroatoms. The van der Waals surface area contributed by atoms with Crippen LogP contribution in [0.3, 0.4) is 0 Å². The number of nitrogens with one attached hydrogen (secondary N) is 2. The summed E-state index contributed by atoms with van der Waals surface area (Å²) in [5, 5.41) is 18.5. The molecule has 0 aliphatic heterocycles. The fraction of sp³-hybridized carbons (Fsp3) is 0.615. The standard InChI is InChI=1S/C13H22N4O3S/c1-8-10(9(2)17(3)16-8)7-14-13(20)15-11(12(18)19)5-6-21-4/h11H,5-7H2,1-4H3,(H,18,19)(H2,14,15,20). The fourth-order valence-corrected chi connectivity index (χ4v) is 2.42. The van der Waals surface area contributed by atoms with E-state index in [9.17, 15) is 9.59 Å². The second kappa shape index (κ2) is 7.92. The Morgan fingerprint density at radius 3 is 2.57 bits per heavy atom. The lowest BCUT2D eigenvalue weighted by Crippen LogP contribution is -2.46. The minimum absolute atomic E-state index is 0.326. The van der Waals surface area contributed by atoms with Crippen LogP contribution in [0.5, 0.6) is 0 Å². The molecule has 118 valence electrons. The van der Waals surface area contributed by atoms with E-state index in [1.54, 1.807) is 16.4 Å². The average Bonchev–Trinajstić information content (AvgIpc) is 2.66. The van der Waals surface area contributed by atoms with Crippen LogP contribution in [0.25, 0.3) is 0 Å². The lowest BCUT2D eigenvalue weighted by Gasteiger charge is -2.14. The Balaban J connectivity index is 2.54. The molecule has 1 atom stereocenters. The maximum absolute atomic E-state index is 11.8. The highest BCUT2D eigenvalue weighted by molar-refractivity contribution is 7.98. The molecule has 2 amide bonds. The Labute approximate surface area is 128 Å². The van der Waals surface area contributed by atoms with Crippen LogP contribution in [0.2, 0.25) is 0 Å². The van der Waals surface area contributed by atoms with Gasteiger partial charge in [-0.3, -0.25) is 4.68 Å². The molecule has 1 aromatic heterocycles. The van der Waals surface area contributed by atoms with E-state index < -0.39 is 18.0 Å². The molecule has 21 heavy (non-hydrogen) atoms. The number of hydrogen-bond acceptors (Lipinski definition) is 4. The van der Waals surface area contributed by atoms with E-state index >= 15 is 0 Å².